The minimum atomic E-state index is -0.151. The molecule has 0 saturated carbocycles. The summed E-state index contributed by atoms with van der Waals surface area (Å²) >= 11 is 0. The van der Waals surface area contributed by atoms with Crippen molar-refractivity contribution in [2.45, 2.75) is 33.4 Å². The van der Waals surface area contributed by atoms with Gasteiger partial charge in [0, 0.05) is 23.7 Å². The molecule has 0 aliphatic rings. The number of carbonyl (C=O) groups is 2. The van der Waals surface area contributed by atoms with Gasteiger partial charge in [0.15, 0.2) is 0 Å². The predicted octanol–water partition coefficient (Wildman–Crippen LogP) is 3.06. The first-order chi connectivity index (χ1) is 11.0. The Hall–Kier alpha value is -2.62. The molecule has 0 bridgehead atoms. The normalized spacial score (nSPS) is 10.4. The quantitative estimate of drug-likeness (QED) is 0.891. The molecular weight excluding hydrogens is 288 g/mol. The number of hydrogen-bond donors (Lipinski definition) is 2. The summed E-state index contributed by atoms with van der Waals surface area (Å²) < 4.78 is 0. The summed E-state index contributed by atoms with van der Waals surface area (Å²) in [7, 11) is 0. The molecule has 23 heavy (non-hydrogen) atoms. The summed E-state index contributed by atoms with van der Waals surface area (Å²) in [6, 6.07) is 14.8. The van der Waals surface area contributed by atoms with Crippen LogP contribution >= 0.6 is 0 Å². The monoisotopic (exact) mass is 310 g/mol. The molecule has 2 aromatic carbocycles. The topological polar surface area (TPSA) is 58.2 Å². The Morgan fingerprint density at radius 2 is 1.39 bits per heavy atom. The van der Waals surface area contributed by atoms with Crippen molar-refractivity contribution in [2.24, 2.45) is 0 Å². The molecule has 4 nitrogen and oxygen atoms in total. The first-order valence-corrected chi connectivity index (χ1v) is 7.70. The zero-order valence-corrected chi connectivity index (χ0v) is 13.7. The van der Waals surface area contributed by atoms with Gasteiger partial charge in [-0.05, 0) is 50.6 Å². The van der Waals surface area contributed by atoms with Gasteiger partial charge in [-0.25, -0.2) is 0 Å². The number of rotatable bonds is 5. The SMILES string of the molecule is Cc1ccc(CNC(=O)c2ccc(C(=O)NC(C)C)cc2)cc1. The van der Waals surface area contributed by atoms with Crippen LogP contribution in [0.2, 0.25) is 0 Å². The highest BCUT2D eigenvalue weighted by Gasteiger charge is 2.09. The molecule has 4 heteroatoms. The lowest BCUT2D eigenvalue weighted by molar-refractivity contribution is 0.0934. The average Bonchev–Trinajstić information content (AvgIpc) is 2.53. The second kappa shape index (κ2) is 7.58. The van der Waals surface area contributed by atoms with Crippen LogP contribution in [0.15, 0.2) is 48.5 Å². The van der Waals surface area contributed by atoms with Crippen LogP contribution < -0.4 is 10.6 Å². The van der Waals surface area contributed by atoms with E-state index in [1.54, 1.807) is 24.3 Å². The molecule has 120 valence electrons. The lowest BCUT2D eigenvalue weighted by Crippen LogP contribution is -2.30. The maximum absolute atomic E-state index is 12.1. The fraction of sp³-hybridized carbons (Fsp3) is 0.263. The Labute approximate surface area is 136 Å². The molecule has 0 atom stereocenters. The fourth-order valence-electron chi connectivity index (χ4n) is 2.11. The molecule has 0 aromatic heterocycles. The Bertz CT molecular complexity index is 674. The highest BCUT2D eigenvalue weighted by molar-refractivity contribution is 5.97. The van der Waals surface area contributed by atoms with Crippen molar-refractivity contribution >= 4 is 11.8 Å². The second-order valence-corrected chi connectivity index (χ2v) is 5.87. The van der Waals surface area contributed by atoms with E-state index in [1.165, 1.54) is 5.56 Å². The van der Waals surface area contributed by atoms with Gasteiger partial charge in [-0.3, -0.25) is 9.59 Å². The molecule has 0 saturated heterocycles. The van der Waals surface area contributed by atoms with E-state index in [0.29, 0.717) is 17.7 Å². The van der Waals surface area contributed by atoms with Crippen molar-refractivity contribution in [3.63, 3.8) is 0 Å². The van der Waals surface area contributed by atoms with E-state index in [0.717, 1.165) is 5.56 Å². The lowest BCUT2D eigenvalue weighted by atomic mass is 10.1. The minimum absolute atomic E-state index is 0.0833. The maximum atomic E-state index is 12.1. The Morgan fingerprint density at radius 1 is 0.870 bits per heavy atom. The van der Waals surface area contributed by atoms with Gasteiger partial charge in [0.25, 0.3) is 11.8 Å². The molecule has 0 aliphatic heterocycles. The van der Waals surface area contributed by atoms with E-state index < -0.39 is 0 Å². The Kier molecular flexibility index (Phi) is 5.52. The molecule has 2 N–H and O–H groups in total. The summed E-state index contributed by atoms with van der Waals surface area (Å²) in [6.45, 7) is 6.32. The predicted molar refractivity (Wildman–Crippen MR) is 91.4 cm³/mol. The summed E-state index contributed by atoms with van der Waals surface area (Å²) in [6.07, 6.45) is 0. The van der Waals surface area contributed by atoms with E-state index in [9.17, 15) is 9.59 Å². The van der Waals surface area contributed by atoms with Crippen LogP contribution in [0, 0.1) is 6.92 Å². The summed E-state index contributed by atoms with van der Waals surface area (Å²) in [5.41, 5.74) is 3.33. The minimum Gasteiger partial charge on any atom is -0.350 e. The molecule has 0 unspecified atom stereocenters. The van der Waals surface area contributed by atoms with E-state index in [1.807, 2.05) is 45.0 Å². The van der Waals surface area contributed by atoms with Crippen LogP contribution in [-0.4, -0.2) is 17.9 Å². The molecule has 0 aliphatic carbocycles. The molecule has 0 radical (unpaired) electrons. The molecule has 0 fully saturated rings. The molecular formula is C19H22N2O2. The van der Waals surface area contributed by atoms with Crippen molar-refractivity contribution < 1.29 is 9.59 Å². The first-order valence-electron chi connectivity index (χ1n) is 7.70. The van der Waals surface area contributed by atoms with Crippen molar-refractivity contribution in [1.29, 1.82) is 0 Å². The van der Waals surface area contributed by atoms with Gasteiger partial charge in [-0.1, -0.05) is 29.8 Å². The van der Waals surface area contributed by atoms with Gasteiger partial charge in [-0.15, -0.1) is 0 Å². The van der Waals surface area contributed by atoms with E-state index >= 15 is 0 Å². The zero-order chi connectivity index (χ0) is 16.8. The standard InChI is InChI=1S/C19H22N2O2/c1-13(2)21-19(23)17-10-8-16(9-11-17)18(22)20-12-15-6-4-14(3)5-7-15/h4-11,13H,12H2,1-3H3,(H,20,22)(H,21,23). The van der Waals surface area contributed by atoms with Crippen molar-refractivity contribution in [3.05, 3.63) is 70.8 Å². The van der Waals surface area contributed by atoms with Crippen LogP contribution in [0.4, 0.5) is 0 Å². The third-order valence-corrected chi connectivity index (χ3v) is 3.40. The Balaban J connectivity index is 1.94. The average molecular weight is 310 g/mol. The smallest absolute Gasteiger partial charge is 0.251 e. The van der Waals surface area contributed by atoms with Gasteiger partial charge < -0.3 is 10.6 Å². The number of amides is 2. The lowest BCUT2D eigenvalue weighted by Gasteiger charge is -2.09. The van der Waals surface area contributed by atoms with Crippen molar-refractivity contribution in [2.75, 3.05) is 0 Å². The third kappa shape index (κ3) is 4.95. The largest absolute Gasteiger partial charge is 0.350 e. The summed E-state index contributed by atoms with van der Waals surface area (Å²) in [5, 5.41) is 5.70. The van der Waals surface area contributed by atoms with Crippen LogP contribution in [0.25, 0.3) is 0 Å². The molecule has 2 aromatic rings. The Morgan fingerprint density at radius 3 is 1.91 bits per heavy atom. The zero-order valence-electron chi connectivity index (χ0n) is 13.7. The van der Waals surface area contributed by atoms with Gasteiger partial charge in [-0.2, -0.15) is 0 Å². The number of aryl methyl sites for hydroxylation is 1. The van der Waals surface area contributed by atoms with Gasteiger partial charge in [0.05, 0.1) is 0 Å². The van der Waals surface area contributed by atoms with Gasteiger partial charge in [0.2, 0.25) is 0 Å². The van der Waals surface area contributed by atoms with E-state index in [2.05, 4.69) is 10.6 Å². The van der Waals surface area contributed by atoms with Crippen LogP contribution in [0.3, 0.4) is 0 Å². The molecule has 2 amide bonds. The summed E-state index contributed by atoms with van der Waals surface area (Å²) in [4.78, 5) is 24.0. The molecule has 0 heterocycles. The van der Waals surface area contributed by atoms with Crippen LogP contribution in [0.5, 0.6) is 0 Å². The first kappa shape index (κ1) is 16.7. The number of benzene rings is 2. The van der Waals surface area contributed by atoms with E-state index in [4.69, 9.17) is 0 Å². The second-order valence-electron chi connectivity index (χ2n) is 5.87. The molecule has 0 spiro atoms. The fourth-order valence-corrected chi connectivity index (χ4v) is 2.11. The highest BCUT2D eigenvalue weighted by atomic mass is 16.2. The van der Waals surface area contributed by atoms with Crippen LogP contribution in [-0.2, 0) is 6.54 Å². The molecule has 2 rings (SSSR count). The van der Waals surface area contributed by atoms with Crippen molar-refractivity contribution in [1.82, 2.24) is 10.6 Å². The number of nitrogens with one attached hydrogen (secondary N) is 2. The highest BCUT2D eigenvalue weighted by Crippen LogP contribution is 2.07. The van der Waals surface area contributed by atoms with Crippen molar-refractivity contribution in [3.8, 4) is 0 Å². The van der Waals surface area contributed by atoms with Gasteiger partial charge >= 0.3 is 0 Å². The number of carbonyl (C=O) groups excluding carboxylic acids is 2. The van der Waals surface area contributed by atoms with Gasteiger partial charge in [0.1, 0.15) is 0 Å². The maximum Gasteiger partial charge on any atom is 0.251 e. The third-order valence-electron chi connectivity index (χ3n) is 3.40. The number of hydrogen-bond acceptors (Lipinski definition) is 2. The summed E-state index contributed by atoms with van der Waals surface area (Å²) in [5.74, 6) is -0.284. The van der Waals surface area contributed by atoms with Crippen LogP contribution in [0.1, 0.15) is 45.7 Å². The van der Waals surface area contributed by atoms with E-state index in [-0.39, 0.29) is 17.9 Å².